The minimum absolute atomic E-state index is 0.641. The topological polar surface area (TPSA) is 29.3 Å². The molecule has 1 rings (SSSR count). The fourth-order valence-corrected chi connectivity index (χ4v) is 2.67. The van der Waals surface area contributed by atoms with E-state index < -0.39 is 0 Å². The molecule has 2 N–H and O–H groups in total. The van der Waals surface area contributed by atoms with E-state index in [1.807, 2.05) is 30.0 Å². The third-order valence-electron chi connectivity index (χ3n) is 2.78. The molecule has 0 atom stereocenters. The maximum Gasteiger partial charge on any atom is 0.0635 e. The molecular formula is C13H21ClN2S. The van der Waals surface area contributed by atoms with E-state index in [-0.39, 0.29) is 0 Å². The van der Waals surface area contributed by atoms with Crippen molar-refractivity contribution >= 4 is 29.1 Å². The lowest BCUT2D eigenvalue weighted by Crippen LogP contribution is -2.25. The lowest BCUT2D eigenvalue weighted by atomic mass is 10.2. The molecule has 4 heteroatoms. The molecule has 96 valence electrons. The Morgan fingerprint density at radius 1 is 1.29 bits per heavy atom. The average Bonchev–Trinajstić information content (AvgIpc) is 2.34. The number of anilines is 1. The fraction of sp³-hybridized carbons (Fsp3) is 0.538. The summed E-state index contributed by atoms with van der Waals surface area (Å²) >= 11 is 7.82. The van der Waals surface area contributed by atoms with E-state index in [1.54, 1.807) is 0 Å². The van der Waals surface area contributed by atoms with Crippen LogP contribution in [0.5, 0.6) is 0 Å². The van der Waals surface area contributed by atoms with Crippen LogP contribution in [0.2, 0.25) is 5.02 Å². The van der Waals surface area contributed by atoms with Gasteiger partial charge in [-0.25, -0.2) is 0 Å². The predicted molar refractivity (Wildman–Crippen MR) is 79.8 cm³/mol. The van der Waals surface area contributed by atoms with E-state index >= 15 is 0 Å². The summed E-state index contributed by atoms with van der Waals surface area (Å²) in [6, 6.07) is 5.88. The fourth-order valence-electron chi connectivity index (χ4n) is 1.61. The van der Waals surface area contributed by atoms with Crippen molar-refractivity contribution < 1.29 is 0 Å². The lowest BCUT2D eigenvalue weighted by Gasteiger charge is -2.17. The first-order chi connectivity index (χ1) is 8.17. The van der Waals surface area contributed by atoms with Gasteiger partial charge in [0.1, 0.15) is 0 Å². The lowest BCUT2D eigenvalue weighted by molar-refractivity contribution is 0.324. The van der Waals surface area contributed by atoms with Gasteiger partial charge in [-0.1, -0.05) is 31.5 Å². The number of hydrogen-bond donors (Lipinski definition) is 1. The SMILES string of the molecule is CCN(CC)CCSCc1ccc(Cl)c(N)c1. The monoisotopic (exact) mass is 272 g/mol. The highest BCUT2D eigenvalue weighted by Gasteiger charge is 2.01. The first-order valence-electron chi connectivity index (χ1n) is 6.01. The van der Waals surface area contributed by atoms with Gasteiger partial charge in [-0.05, 0) is 30.8 Å². The Balaban J connectivity index is 2.28. The molecule has 0 amide bonds. The number of rotatable bonds is 7. The van der Waals surface area contributed by atoms with Crippen molar-refractivity contribution in [1.82, 2.24) is 4.90 Å². The summed E-state index contributed by atoms with van der Waals surface area (Å²) in [5, 5.41) is 0.641. The molecule has 0 radical (unpaired) electrons. The van der Waals surface area contributed by atoms with Gasteiger partial charge in [-0.15, -0.1) is 0 Å². The van der Waals surface area contributed by atoms with E-state index in [1.165, 1.54) is 5.56 Å². The molecule has 0 aliphatic heterocycles. The highest BCUT2D eigenvalue weighted by Crippen LogP contribution is 2.22. The Kier molecular flexibility index (Phi) is 6.78. The van der Waals surface area contributed by atoms with Crippen LogP contribution in [-0.4, -0.2) is 30.3 Å². The van der Waals surface area contributed by atoms with Gasteiger partial charge in [0, 0.05) is 18.1 Å². The Morgan fingerprint density at radius 3 is 2.59 bits per heavy atom. The van der Waals surface area contributed by atoms with Crippen LogP contribution in [0.1, 0.15) is 19.4 Å². The predicted octanol–water partition coefficient (Wildman–Crippen LogP) is 3.50. The smallest absolute Gasteiger partial charge is 0.0635 e. The summed E-state index contributed by atoms with van der Waals surface area (Å²) in [5.74, 6) is 2.16. The Morgan fingerprint density at radius 2 is 2.00 bits per heavy atom. The van der Waals surface area contributed by atoms with E-state index in [4.69, 9.17) is 17.3 Å². The molecule has 0 aliphatic rings. The zero-order valence-corrected chi connectivity index (χ0v) is 12.2. The van der Waals surface area contributed by atoms with Crippen LogP contribution >= 0.6 is 23.4 Å². The Labute approximate surface area is 114 Å². The van der Waals surface area contributed by atoms with Crippen molar-refractivity contribution in [3.8, 4) is 0 Å². The molecular weight excluding hydrogens is 252 g/mol. The molecule has 0 aliphatic carbocycles. The summed E-state index contributed by atoms with van der Waals surface area (Å²) in [4.78, 5) is 2.43. The van der Waals surface area contributed by atoms with Crippen LogP contribution in [0, 0.1) is 0 Å². The van der Waals surface area contributed by atoms with Gasteiger partial charge in [0.15, 0.2) is 0 Å². The third-order valence-corrected chi connectivity index (χ3v) is 4.13. The molecule has 0 bridgehead atoms. The largest absolute Gasteiger partial charge is 0.398 e. The maximum atomic E-state index is 5.88. The van der Waals surface area contributed by atoms with Crippen LogP contribution in [0.25, 0.3) is 0 Å². The van der Waals surface area contributed by atoms with Gasteiger partial charge in [0.05, 0.1) is 10.7 Å². The first kappa shape index (κ1) is 14.7. The number of halogens is 1. The van der Waals surface area contributed by atoms with Gasteiger partial charge >= 0.3 is 0 Å². The molecule has 1 aromatic carbocycles. The van der Waals surface area contributed by atoms with Crippen molar-refractivity contribution in [2.75, 3.05) is 31.1 Å². The van der Waals surface area contributed by atoms with Crippen molar-refractivity contribution in [3.63, 3.8) is 0 Å². The van der Waals surface area contributed by atoms with Gasteiger partial charge in [-0.2, -0.15) is 11.8 Å². The number of benzene rings is 1. The molecule has 0 unspecified atom stereocenters. The summed E-state index contributed by atoms with van der Waals surface area (Å²) in [6.45, 7) is 7.82. The molecule has 0 saturated heterocycles. The Bertz CT molecular complexity index is 340. The maximum absolute atomic E-state index is 5.88. The standard InChI is InChI=1S/C13H21ClN2S/c1-3-16(4-2)7-8-17-10-11-5-6-12(14)13(15)9-11/h5-6,9H,3-4,7-8,10,15H2,1-2H3. The molecule has 0 saturated carbocycles. The van der Waals surface area contributed by atoms with E-state index in [0.29, 0.717) is 10.7 Å². The second kappa shape index (κ2) is 7.85. The normalized spacial score (nSPS) is 11.1. The summed E-state index contributed by atoms with van der Waals surface area (Å²) in [5.41, 5.74) is 7.69. The minimum Gasteiger partial charge on any atom is -0.398 e. The minimum atomic E-state index is 0.641. The molecule has 17 heavy (non-hydrogen) atoms. The Hall–Kier alpha value is -0.380. The zero-order chi connectivity index (χ0) is 12.7. The third kappa shape index (κ3) is 5.19. The molecule has 2 nitrogen and oxygen atoms in total. The van der Waals surface area contributed by atoms with Crippen LogP contribution in [0.3, 0.4) is 0 Å². The molecule has 0 fully saturated rings. The summed E-state index contributed by atoms with van der Waals surface area (Å²) < 4.78 is 0. The van der Waals surface area contributed by atoms with Crippen LogP contribution in [0.4, 0.5) is 5.69 Å². The summed E-state index contributed by atoms with van der Waals surface area (Å²) in [6.07, 6.45) is 0. The van der Waals surface area contributed by atoms with Crippen molar-refractivity contribution in [3.05, 3.63) is 28.8 Å². The second-order valence-electron chi connectivity index (χ2n) is 3.94. The van der Waals surface area contributed by atoms with Crippen molar-refractivity contribution in [2.24, 2.45) is 0 Å². The average molecular weight is 273 g/mol. The first-order valence-corrected chi connectivity index (χ1v) is 7.54. The van der Waals surface area contributed by atoms with E-state index in [9.17, 15) is 0 Å². The highest BCUT2D eigenvalue weighted by molar-refractivity contribution is 7.98. The van der Waals surface area contributed by atoms with Crippen molar-refractivity contribution in [2.45, 2.75) is 19.6 Å². The quantitative estimate of drug-likeness (QED) is 0.609. The van der Waals surface area contributed by atoms with Crippen LogP contribution in [-0.2, 0) is 5.75 Å². The number of thioether (sulfide) groups is 1. The van der Waals surface area contributed by atoms with Crippen LogP contribution in [0.15, 0.2) is 18.2 Å². The number of nitrogens with two attached hydrogens (primary N) is 1. The van der Waals surface area contributed by atoms with E-state index in [2.05, 4.69) is 18.7 Å². The van der Waals surface area contributed by atoms with Gasteiger partial charge in [0.25, 0.3) is 0 Å². The summed E-state index contributed by atoms with van der Waals surface area (Å²) in [7, 11) is 0. The van der Waals surface area contributed by atoms with Crippen LogP contribution < -0.4 is 5.73 Å². The number of nitrogens with zero attached hydrogens (tertiary/aromatic N) is 1. The molecule has 0 aromatic heterocycles. The van der Waals surface area contributed by atoms with Gasteiger partial charge in [0.2, 0.25) is 0 Å². The molecule has 0 heterocycles. The number of nitrogen functional groups attached to an aromatic ring is 1. The zero-order valence-electron chi connectivity index (χ0n) is 10.6. The highest BCUT2D eigenvalue weighted by atomic mass is 35.5. The van der Waals surface area contributed by atoms with Crippen molar-refractivity contribution in [1.29, 1.82) is 0 Å². The molecule has 0 spiro atoms. The van der Waals surface area contributed by atoms with E-state index in [0.717, 1.165) is 31.1 Å². The number of hydrogen-bond acceptors (Lipinski definition) is 3. The van der Waals surface area contributed by atoms with Gasteiger partial charge < -0.3 is 10.6 Å². The second-order valence-corrected chi connectivity index (χ2v) is 5.45. The molecule has 1 aromatic rings. The van der Waals surface area contributed by atoms with Gasteiger partial charge in [-0.3, -0.25) is 0 Å².